The summed E-state index contributed by atoms with van der Waals surface area (Å²) in [6.45, 7) is 3.31. The van der Waals surface area contributed by atoms with Gasteiger partial charge >= 0.3 is 0 Å². The van der Waals surface area contributed by atoms with Gasteiger partial charge < -0.3 is 9.91 Å². The van der Waals surface area contributed by atoms with Crippen LogP contribution in [-0.4, -0.2) is 48.6 Å². The van der Waals surface area contributed by atoms with Gasteiger partial charge in [-0.2, -0.15) is 0 Å². The van der Waals surface area contributed by atoms with Gasteiger partial charge in [-0.05, 0) is 13.1 Å². The highest BCUT2D eigenvalue weighted by molar-refractivity contribution is 6.26. The van der Waals surface area contributed by atoms with Gasteiger partial charge in [0, 0.05) is 48.1 Å². The molecule has 2 aliphatic rings. The Labute approximate surface area is 151 Å². The largest absolute Gasteiger partial charge is 0.307 e. The van der Waals surface area contributed by atoms with Crippen LogP contribution < -0.4 is 10.6 Å². The average molecular weight is 345 g/mol. The Balaban J connectivity index is 1.88. The number of carbonyl (C=O) groups excluding carboxylic acids is 1. The summed E-state index contributed by atoms with van der Waals surface area (Å²) in [7, 11) is 2.09. The lowest BCUT2D eigenvalue weighted by atomic mass is 10.0. The molecule has 0 saturated carbocycles. The van der Waals surface area contributed by atoms with Crippen molar-refractivity contribution in [1.29, 1.82) is 0 Å². The normalized spacial score (nSPS) is 16.8. The van der Waals surface area contributed by atoms with Gasteiger partial charge in [0.25, 0.3) is 5.56 Å². The Bertz CT molecular complexity index is 1110. The van der Waals surface area contributed by atoms with Crippen molar-refractivity contribution in [2.75, 3.05) is 38.2 Å². The summed E-state index contributed by atoms with van der Waals surface area (Å²) in [4.78, 5) is 28.8. The maximum absolute atomic E-state index is 13.4. The number of nitrogens with zero attached hydrogens (tertiary/aromatic N) is 3. The van der Waals surface area contributed by atoms with Gasteiger partial charge in [-0.25, -0.2) is 4.68 Å². The molecule has 1 aliphatic carbocycles. The number of carbonyl (C=O) groups is 1. The molecule has 5 heteroatoms. The van der Waals surface area contributed by atoms with E-state index in [9.17, 15) is 9.59 Å². The standard InChI is InChI=1S/C21H19N3O2/c1-22-10-12-23(13-11-22)24-19-15-7-3-4-8-16(15)20(25)18(19)14-6-2-5-9-17(14)21(24)26/h2-9H,10-13H2,1H3. The highest BCUT2D eigenvalue weighted by Crippen LogP contribution is 2.39. The summed E-state index contributed by atoms with van der Waals surface area (Å²) in [6.07, 6.45) is 0. The number of piperazine rings is 1. The van der Waals surface area contributed by atoms with Crippen molar-refractivity contribution >= 4 is 16.6 Å². The van der Waals surface area contributed by atoms with Crippen LogP contribution >= 0.6 is 0 Å². The van der Waals surface area contributed by atoms with Crippen LogP contribution in [0.4, 0.5) is 0 Å². The van der Waals surface area contributed by atoms with Crippen LogP contribution in [0.25, 0.3) is 22.0 Å². The summed E-state index contributed by atoms with van der Waals surface area (Å²) < 4.78 is 1.76. The minimum Gasteiger partial charge on any atom is -0.307 e. The second-order valence-electron chi connectivity index (χ2n) is 7.02. The average Bonchev–Trinajstić information content (AvgIpc) is 2.97. The van der Waals surface area contributed by atoms with Gasteiger partial charge in [-0.15, -0.1) is 0 Å². The van der Waals surface area contributed by atoms with E-state index in [2.05, 4.69) is 17.0 Å². The molecule has 1 saturated heterocycles. The van der Waals surface area contributed by atoms with Crippen molar-refractivity contribution in [1.82, 2.24) is 9.58 Å². The van der Waals surface area contributed by atoms with Crippen LogP contribution in [0, 0.1) is 0 Å². The van der Waals surface area contributed by atoms with Crippen molar-refractivity contribution in [2.24, 2.45) is 0 Å². The Morgan fingerprint density at radius 2 is 1.38 bits per heavy atom. The summed E-state index contributed by atoms with van der Waals surface area (Å²) in [5.74, 6) is 0.00896. The smallest absolute Gasteiger partial charge is 0.277 e. The number of hydrogen-bond acceptors (Lipinski definition) is 4. The lowest BCUT2D eigenvalue weighted by Gasteiger charge is -2.36. The van der Waals surface area contributed by atoms with E-state index in [0.717, 1.165) is 42.8 Å². The first-order chi connectivity index (χ1) is 12.7. The van der Waals surface area contributed by atoms with Crippen LogP contribution in [0.1, 0.15) is 15.9 Å². The van der Waals surface area contributed by atoms with Crippen LogP contribution in [0.5, 0.6) is 0 Å². The lowest BCUT2D eigenvalue weighted by molar-refractivity contribution is 0.104. The van der Waals surface area contributed by atoms with Crippen molar-refractivity contribution in [3.63, 3.8) is 0 Å². The lowest BCUT2D eigenvalue weighted by Crippen LogP contribution is -2.53. The van der Waals surface area contributed by atoms with Gasteiger partial charge in [-0.1, -0.05) is 42.5 Å². The molecule has 0 amide bonds. The van der Waals surface area contributed by atoms with Crippen molar-refractivity contribution in [3.8, 4) is 11.3 Å². The van der Waals surface area contributed by atoms with E-state index in [0.29, 0.717) is 16.5 Å². The third-order valence-electron chi connectivity index (χ3n) is 5.48. The Hall–Kier alpha value is -2.92. The Morgan fingerprint density at radius 1 is 0.769 bits per heavy atom. The molecular formula is C21H19N3O2. The fourth-order valence-electron chi connectivity index (χ4n) is 4.10. The molecule has 0 spiro atoms. The van der Waals surface area contributed by atoms with E-state index in [1.165, 1.54) is 0 Å². The van der Waals surface area contributed by atoms with Gasteiger partial charge in [-0.3, -0.25) is 9.59 Å². The molecule has 1 fully saturated rings. The molecule has 130 valence electrons. The number of ketones is 1. The van der Waals surface area contributed by atoms with Gasteiger partial charge in [0.05, 0.1) is 11.3 Å². The third-order valence-corrected chi connectivity index (χ3v) is 5.48. The number of rotatable bonds is 1. The maximum atomic E-state index is 13.4. The summed E-state index contributed by atoms with van der Waals surface area (Å²) >= 11 is 0. The van der Waals surface area contributed by atoms with E-state index in [-0.39, 0.29) is 11.3 Å². The molecular weight excluding hydrogens is 326 g/mol. The topological polar surface area (TPSA) is 45.5 Å². The fraction of sp³-hybridized carbons (Fsp3) is 0.238. The molecule has 1 aromatic heterocycles. The Morgan fingerprint density at radius 3 is 2.12 bits per heavy atom. The first-order valence-corrected chi connectivity index (χ1v) is 8.92. The number of aromatic nitrogens is 1. The van der Waals surface area contributed by atoms with Crippen molar-refractivity contribution in [2.45, 2.75) is 0 Å². The van der Waals surface area contributed by atoms with Gasteiger partial charge in [0.1, 0.15) is 0 Å². The van der Waals surface area contributed by atoms with E-state index in [4.69, 9.17) is 0 Å². The van der Waals surface area contributed by atoms with Gasteiger partial charge in [0.15, 0.2) is 5.78 Å². The first kappa shape index (κ1) is 15.3. The zero-order valence-electron chi connectivity index (χ0n) is 14.6. The van der Waals surface area contributed by atoms with E-state index in [1.54, 1.807) is 4.68 Å². The zero-order valence-corrected chi connectivity index (χ0v) is 14.6. The molecule has 2 heterocycles. The van der Waals surface area contributed by atoms with Crippen LogP contribution in [0.15, 0.2) is 53.3 Å². The summed E-state index contributed by atoms with van der Waals surface area (Å²) in [6, 6.07) is 15.0. The third kappa shape index (κ3) is 2.01. The SMILES string of the molecule is CN1CCN(n2c3c(c4ccccc4c2=O)C(=O)c2ccccc2-3)CC1. The van der Waals surface area contributed by atoms with Crippen LogP contribution in [-0.2, 0) is 0 Å². The predicted molar refractivity (Wildman–Crippen MR) is 103 cm³/mol. The summed E-state index contributed by atoms with van der Waals surface area (Å²) in [5, 5.41) is 3.44. The highest BCUT2D eigenvalue weighted by atomic mass is 16.1. The quantitative estimate of drug-likeness (QED) is 0.530. The fourth-order valence-corrected chi connectivity index (χ4v) is 4.10. The Kier molecular flexibility index (Phi) is 3.27. The van der Waals surface area contributed by atoms with Crippen LogP contribution in [0.2, 0.25) is 0 Å². The molecule has 1 aliphatic heterocycles. The molecule has 26 heavy (non-hydrogen) atoms. The van der Waals surface area contributed by atoms with Crippen molar-refractivity contribution < 1.29 is 4.79 Å². The molecule has 2 aromatic carbocycles. The number of benzene rings is 2. The molecule has 0 radical (unpaired) electrons. The summed E-state index contributed by atoms with van der Waals surface area (Å²) in [5.41, 5.74) is 2.89. The zero-order chi connectivity index (χ0) is 17.8. The van der Waals surface area contributed by atoms with Crippen LogP contribution in [0.3, 0.4) is 0 Å². The van der Waals surface area contributed by atoms with E-state index >= 15 is 0 Å². The molecule has 3 aromatic rings. The monoisotopic (exact) mass is 345 g/mol. The molecule has 0 bridgehead atoms. The van der Waals surface area contributed by atoms with E-state index in [1.807, 2.05) is 48.5 Å². The van der Waals surface area contributed by atoms with E-state index < -0.39 is 0 Å². The first-order valence-electron chi connectivity index (χ1n) is 8.92. The van der Waals surface area contributed by atoms with Gasteiger partial charge in [0.2, 0.25) is 0 Å². The molecule has 0 unspecified atom stereocenters. The minimum absolute atomic E-state index is 0.00896. The minimum atomic E-state index is -0.0478. The highest BCUT2D eigenvalue weighted by Gasteiger charge is 2.34. The second-order valence-corrected chi connectivity index (χ2v) is 7.02. The maximum Gasteiger partial charge on any atom is 0.277 e. The molecule has 0 N–H and O–H groups in total. The molecule has 0 atom stereocenters. The second kappa shape index (κ2) is 5.54. The van der Waals surface area contributed by atoms with Crippen molar-refractivity contribution in [3.05, 3.63) is 70.0 Å². The molecule has 5 nitrogen and oxygen atoms in total. The number of fused-ring (bicyclic) bond motifs is 5. The number of likely N-dealkylation sites (N-methyl/N-ethyl adjacent to an activating group) is 1. The predicted octanol–water partition coefficient (Wildman–Crippen LogP) is 2.10. The number of hydrogen-bond donors (Lipinski definition) is 0. The number of pyridine rings is 1. The molecule has 5 rings (SSSR count).